The number of amides is 1. The molecule has 0 saturated carbocycles. The van der Waals surface area contributed by atoms with Crippen molar-refractivity contribution in [2.24, 2.45) is 0 Å². The minimum atomic E-state index is -4.12. The largest absolute Gasteiger partial charge is 0.493 e. The maximum Gasteiger partial charge on any atom is 0.243 e. The van der Waals surface area contributed by atoms with Crippen molar-refractivity contribution >= 4 is 27.5 Å². The molecule has 0 saturated heterocycles. The Kier molecular flexibility index (Phi) is 8.49. The highest BCUT2D eigenvalue weighted by atomic mass is 35.5. The summed E-state index contributed by atoms with van der Waals surface area (Å²) in [7, 11) is -1.10. The monoisotopic (exact) mass is 506 g/mol. The maximum atomic E-state index is 14.3. The van der Waals surface area contributed by atoms with Gasteiger partial charge in [0.15, 0.2) is 11.5 Å². The van der Waals surface area contributed by atoms with Crippen LogP contribution in [0, 0.1) is 5.82 Å². The number of methoxy groups -OCH3 is 2. The molecule has 7 nitrogen and oxygen atoms in total. The summed E-state index contributed by atoms with van der Waals surface area (Å²) in [6, 6.07) is 16.5. The highest BCUT2D eigenvalue weighted by Gasteiger charge is 2.27. The van der Waals surface area contributed by atoms with Gasteiger partial charge in [0, 0.05) is 23.7 Å². The lowest BCUT2D eigenvalue weighted by Crippen LogP contribution is -2.40. The zero-order chi connectivity index (χ0) is 24.7. The van der Waals surface area contributed by atoms with Crippen LogP contribution in [0.4, 0.5) is 4.39 Å². The van der Waals surface area contributed by atoms with Crippen LogP contribution in [0.5, 0.6) is 11.5 Å². The molecule has 0 aromatic heterocycles. The van der Waals surface area contributed by atoms with Crippen molar-refractivity contribution in [3.8, 4) is 11.5 Å². The Bertz CT molecular complexity index is 1250. The molecule has 0 atom stereocenters. The normalized spacial score (nSPS) is 11.3. The number of ether oxygens (including phenoxy) is 2. The predicted octanol–water partition coefficient (Wildman–Crippen LogP) is 4.00. The minimum absolute atomic E-state index is 0.0547. The first-order valence-electron chi connectivity index (χ1n) is 10.2. The van der Waals surface area contributed by atoms with Crippen LogP contribution in [0.3, 0.4) is 0 Å². The molecule has 0 bridgehead atoms. The highest BCUT2D eigenvalue weighted by Crippen LogP contribution is 2.27. The van der Waals surface area contributed by atoms with E-state index in [9.17, 15) is 17.6 Å². The summed E-state index contributed by atoms with van der Waals surface area (Å²) in [6.07, 6.45) is 0. The zero-order valence-electron chi connectivity index (χ0n) is 18.6. The molecule has 0 heterocycles. The average molecular weight is 507 g/mol. The van der Waals surface area contributed by atoms with E-state index in [0.29, 0.717) is 16.5 Å². The number of nitrogens with zero attached hydrogens (tertiary/aromatic N) is 1. The van der Waals surface area contributed by atoms with E-state index in [1.54, 1.807) is 24.3 Å². The van der Waals surface area contributed by atoms with Crippen molar-refractivity contribution in [3.05, 3.63) is 88.7 Å². The van der Waals surface area contributed by atoms with Crippen LogP contribution in [0.25, 0.3) is 0 Å². The third kappa shape index (κ3) is 6.25. The number of carbonyl (C=O) groups is 1. The van der Waals surface area contributed by atoms with E-state index in [1.165, 1.54) is 56.7 Å². The first-order chi connectivity index (χ1) is 16.2. The second-order valence-electron chi connectivity index (χ2n) is 7.28. The van der Waals surface area contributed by atoms with Gasteiger partial charge in [-0.2, -0.15) is 4.31 Å². The first kappa shape index (κ1) is 25.5. The van der Waals surface area contributed by atoms with Gasteiger partial charge in [-0.15, -0.1) is 0 Å². The van der Waals surface area contributed by atoms with Crippen LogP contribution in [0.1, 0.15) is 11.1 Å². The number of nitrogens with one attached hydrogen (secondary N) is 1. The molecule has 0 unspecified atom stereocenters. The third-order valence-corrected chi connectivity index (χ3v) is 7.07. The summed E-state index contributed by atoms with van der Waals surface area (Å²) >= 11 is 5.88. The van der Waals surface area contributed by atoms with Crippen molar-refractivity contribution in [2.75, 3.05) is 20.8 Å². The SMILES string of the molecule is COc1ccc(CNC(=O)CN(Cc2ccccc2F)S(=O)(=O)c2ccc(Cl)cc2)cc1OC. The summed E-state index contributed by atoms with van der Waals surface area (Å²) < 4.78 is 52.2. The van der Waals surface area contributed by atoms with Gasteiger partial charge in [0.2, 0.25) is 15.9 Å². The number of hydrogen-bond acceptors (Lipinski definition) is 5. The fraction of sp³-hybridized carbons (Fsp3) is 0.208. The molecule has 180 valence electrons. The lowest BCUT2D eigenvalue weighted by atomic mass is 10.2. The molecular weight excluding hydrogens is 483 g/mol. The van der Waals surface area contributed by atoms with E-state index < -0.39 is 28.3 Å². The van der Waals surface area contributed by atoms with Crippen molar-refractivity contribution in [1.29, 1.82) is 0 Å². The van der Waals surface area contributed by atoms with Gasteiger partial charge in [-0.3, -0.25) is 4.79 Å². The van der Waals surface area contributed by atoms with Crippen molar-refractivity contribution in [1.82, 2.24) is 9.62 Å². The van der Waals surface area contributed by atoms with E-state index in [2.05, 4.69) is 5.32 Å². The number of benzene rings is 3. The number of carbonyl (C=O) groups excluding carboxylic acids is 1. The van der Waals surface area contributed by atoms with Gasteiger partial charge in [0.05, 0.1) is 25.7 Å². The van der Waals surface area contributed by atoms with Gasteiger partial charge < -0.3 is 14.8 Å². The van der Waals surface area contributed by atoms with E-state index in [-0.39, 0.29) is 23.5 Å². The molecule has 10 heteroatoms. The van der Waals surface area contributed by atoms with E-state index >= 15 is 0 Å². The van der Waals surface area contributed by atoms with E-state index in [4.69, 9.17) is 21.1 Å². The average Bonchev–Trinajstić information content (AvgIpc) is 2.83. The fourth-order valence-electron chi connectivity index (χ4n) is 3.21. The molecule has 0 fully saturated rings. The van der Waals surface area contributed by atoms with Gasteiger partial charge in [0.1, 0.15) is 5.82 Å². The minimum Gasteiger partial charge on any atom is -0.493 e. The van der Waals surface area contributed by atoms with E-state index in [0.717, 1.165) is 9.87 Å². The third-order valence-electron chi connectivity index (χ3n) is 5.01. The van der Waals surface area contributed by atoms with Crippen LogP contribution in [-0.4, -0.2) is 39.4 Å². The second-order valence-corrected chi connectivity index (χ2v) is 9.66. The second kappa shape index (κ2) is 11.3. The predicted molar refractivity (Wildman–Crippen MR) is 127 cm³/mol. The summed E-state index contributed by atoms with van der Waals surface area (Å²) in [5.74, 6) is -0.0725. The summed E-state index contributed by atoms with van der Waals surface area (Å²) in [4.78, 5) is 12.7. The van der Waals surface area contributed by atoms with Crippen LogP contribution in [0.15, 0.2) is 71.6 Å². The van der Waals surface area contributed by atoms with Gasteiger partial charge in [-0.1, -0.05) is 35.9 Å². The fourth-order valence-corrected chi connectivity index (χ4v) is 4.71. The Labute approximate surface area is 203 Å². The van der Waals surface area contributed by atoms with Crippen molar-refractivity contribution < 1.29 is 27.1 Å². The molecule has 0 aliphatic rings. The maximum absolute atomic E-state index is 14.3. The molecule has 3 aromatic carbocycles. The topological polar surface area (TPSA) is 84.9 Å². The molecule has 3 aromatic rings. The molecule has 0 aliphatic carbocycles. The Morgan fingerprint density at radius 3 is 2.32 bits per heavy atom. The summed E-state index contributed by atoms with van der Waals surface area (Å²) in [5, 5.41) is 3.06. The number of hydrogen-bond donors (Lipinski definition) is 1. The number of halogens is 2. The first-order valence-corrected chi connectivity index (χ1v) is 12.0. The molecule has 0 radical (unpaired) electrons. The highest BCUT2D eigenvalue weighted by molar-refractivity contribution is 7.89. The Morgan fingerprint density at radius 2 is 1.68 bits per heavy atom. The summed E-state index contributed by atoms with van der Waals surface area (Å²) in [6.45, 7) is -0.693. The lowest BCUT2D eigenvalue weighted by molar-refractivity contribution is -0.121. The molecule has 1 amide bonds. The number of rotatable bonds is 10. The molecule has 0 spiro atoms. The lowest BCUT2D eigenvalue weighted by Gasteiger charge is -2.22. The Balaban J connectivity index is 1.80. The van der Waals surface area contributed by atoms with Gasteiger partial charge >= 0.3 is 0 Å². The zero-order valence-corrected chi connectivity index (χ0v) is 20.2. The van der Waals surface area contributed by atoms with E-state index in [1.807, 2.05) is 0 Å². The Hall–Kier alpha value is -3.14. The molecule has 3 rings (SSSR count). The van der Waals surface area contributed by atoms with Crippen LogP contribution >= 0.6 is 11.6 Å². The molecule has 34 heavy (non-hydrogen) atoms. The van der Waals surface area contributed by atoms with Crippen LogP contribution in [-0.2, 0) is 27.9 Å². The van der Waals surface area contributed by atoms with Crippen LogP contribution in [0.2, 0.25) is 5.02 Å². The van der Waals surface area contributed by atoms with Crippen molar-refractivity contribution in [3.63, 3.8) is 0 Å². The smallest absolute Gasteiger partial charge is 0.243 e. The quantitative estimate of drug-likeness (QED) is 0.449. The van der Waals surface area contributed by atoms with Gasteiger partial charge in [0.25, 0.3) is 0 Å². The van der Waals surface area contributed by atoms with Crippen LogP contribution < -0.4 is 14.8 Å². The molecule has 1 N–H and O–H groups in total. The number of sulfonamides is 1. The van der Waals surface area contributed by atoms with Gasteiger partial charge in [-0.05, 0) is 48.0 Å². The molecule has 0 aliphatic heterocycles. The van der Waals surface area contributed by atoms with Gasteiger partial charge in [-0.25, -0.2) is 12.8 Å². The Morgan fingerprint density at radius 1 is 1.00 bits per heavy atom. The van der Waals surface area contributed by atoms with Crippen molar-refractivity contribution in [2.45, 2.75) is 18.0 Å². The molecular formula is C24H24ClFN2O5S. The summed E-state index contributed by atoms with van der Waals surface area (Å²) in [5.41, 5.74) is 0.875. The standard InChI is InChI=1S/C24H24ClFN2O5S/c1-32-22-12-7-17(13-23(22)33-2)14-27-24(29)16-28(15-18-5-3-4-6-21(18)26)34(30,31)20-10-8-19(25)9-11-20/h3-13H,14-16H2,1-2H3,(H,27,29).